The molecule has 0 fully saturated rings. The number of amides is 2. The molecule has 0 rings (SSSR count). The average molecular weight is 148 g/mol. The highest BCUT2D eigenvalue weighted by Crippen LogP contribution is 1.90. The van der Waals surface area contributed by atoms with Crippen LogP contribution in [0.15, 0.2) is 10.6 Å². The van der Waals surface area contributed by atoms with E-state index >= 15 is 0 Å². The fraction of sp³-hybridized carbons (Fsp3) is 0.500. The van der Waals surface area contributed by atoms with Crippen LogP contribution in [-0.2, 0) is 4.94 Å². The Hall–Kier alpha value is -1.73. The molecule has 0 unspecified atom stereocenters. The van der Waals surface area contributed by atoms with Gasteiger partial charge < -0.3 is 5.32 Å². The lowest BCUT2D eigenvalue weighted by atomic mass is 11.0. The van der Waals surface area contributed by atoms with E-state index < -0.39 is 6.03 Å². The van der Waals surface area contributed by atoms with Gasteiger partial charge in [0.25, 0.3) is 0 Å². The Balaban J connectivity index is 3.91. The molecular formula is C2H4N4O4. The smallest absolute Gasteiger partial charge is 0.337 e. The van der Waals surface area contributed by atoms with Crippen LogP contribution in [0.3, 0.4) is 0 Å². The minimum absolute atomic E-state index is 0.132. The number of hydrogen-bond donors (Lipinski definition) is 1. The number of nitroso groups, excluding NO2 is 1. The van der Waals surface area contributed by atoms with Crippen molar-refractivity contribution < 1.29 is 9.73 Å². The zero-order valence-corrected chi connectivity index (χ0v) is 4.97. The summed E-state index contributed by atoms with van der Waals surface area (Å²) in [6.45, 7) is 0. The number of nitrogens with one attached hydrogen (secondary N) is 1. The van der Waals surface area contributed by atoms with Crippen LogP contribution in [0.2, 0.25) is 0 Å². The Labute approximate surface area is 55.0 Å². The largest absolute Gasteiger partial charge is 0.378 e. The van der Waals surface area contributed by atoms with E-state index in [9.17, 15) is 14.6 Å². The molecule has 2 amide bonds. The first kappa shape index (κ1) is 8.27. The van der Waals surface area contributed by atoms with Crippen LogP contribution in [0.5, 0.6) is 0 Å². The second kappa shape index (κ2) is 4.18. The van der Waals surface area contributed by atoms with E-state index in [1.165, 1.54) is 7.05 Å². The predicted molar refractivity (Wildman–Crippen MR) is 29.0 cm³/mol. The van der Waals surface area contributed by atoms with Gasteiger partial charge in [0.1, 0.15) is 5.29 Å². The molecule has 0 atom stereocenters. The third-order valence-corrected chi connectivity index (χ3v) is 0.572. The highest BCUT2D eigenvalue weighted by molar-refractivity contribution is 5.72. The summed E-state index contributed by atoms with van der Waals surface area (Å²) in [5, 5.41) is 5.64. The van der Waals surface area contributed by atoms with Crippen molar-refractivity contribution in [2.24, 2.45) is 10.6 Å². The molecule has 0 heterocycles. The molecule has 8 nitrogen and oxygen atoms in total. The van der Waals surface area contributed by atoms with E-state index in [0.717, 1.165) is 0 Å². The fourth-order valence-corrected chi connectivity index (χ4v) is 0.216. The Morgan fingerprint density at radius 3 is 2.50 bits per heavy atom. The zero-order valence-electron chi connectivity index (χ0n) is 4.97. The van der Waals surface area contributed by atoms with Crippen LogP contribution >= 0.6 is 0 Å². The summed E-state index contributed by atoms with van der Waals surface area (Å²) in [6.07, 6.45) is 0. The number of carbonyl (C=O) groups excluding carboxylic acids is 1. The van der Waals surface area contributed by atoms with Gasteiger partial charge in [-0.1, -0.05) is 0 Å². The SMILES string of the molecule is CNC(=O)N(N=O)ON=O. The van der Waals surface area contributed by atoms with Crippen molar-refractivity contribution in [3.05, 3.63) is 9.81 Å². The van der Waals surface area contributed by atoms with Crippen LogP contribution < -0.4 is 5.32 Å². The third-order valence-electron chi connectivity index (χ3n) is 0.572. The second-order valence-electron chi connectivity index (χ2n) is 1.07. The Morgan fingerprint density at radius 2 is 2.20 bits per heavy atom. The van der Waals surface area contributed by atoms with Crippen molar-refractivity contribution in [1.29, 1.82) is 0 Å². The average Bonchev–Trinajstić information content (AvgIpc) is 1.99. The molecule has 1 N–H and O–H groups in total. The molecule has 0 aliphatic carbocycles. The zero-order chi connectivity index (χ0) is 7.98. The number of hydrogen-bond acceptors (Lipinski definition) is 6. The monoisotopic (exact) mass is 148 g/mol. The van der Waals surface area contributed by atoms with E-state index in [1.54, 1.807) is 5.34 Å². The van der Waals surface area contributed by atoms with E-state index in [4.69, 9.17) is 0 Å². The van der Waals surface area contributed by atoms with Gasteiger partial charge in [-0.15, -0.1) is 9.81 Å². The molecule has 0 aromatic rings. The van der Waals surface area contributed by atoms with E-state index in [0.29, 0.717) is 0 Å². The van der Waals surface area contributed by atoms with Crippen molar-refractivity contribution in [1.82, 2.24) is 10.5 Å². The fourth-order valence-electron chi connectivity index (χ4n) is 0.216. The Morgan fingerprint density at radius 1 is 1.60 bits per heavy atom. The van der Waals surface area contributed by atoms with Crippen molar-refractivity contribution in [3.8, 4) is 0 Å². The standard InChI is InChI=1S/C2H4N4O4/c1-3-2(7)6(4-8)10-5-9/h1H3,(H,3,7). The van der Waals surface area contributed by atoms with Crippen molar-refractivity contribution in [2.75, 3.05) is 7.05 Å². The maximum Gasteiger partial charge on any atom is 0.378 e. The summed E-state index contributed by atoms with van der Waals surface area (Å²) in [5.74, 6) is 0. The third kappa shape index (κ3) is 2.03. The van der Waals surface area contributed by atoms with Crippen molar-refractivity contribution >= 4 is 6.03 Å². The number of hydroxylamine groups is 1. The van der Waals surface area contributed by atoms with Crippen LogP contribution in [0.4, 0.5) is 4.79 Å². The molecule has 0 saturated heterocycles. The van der Waals surface area contributed by atoms with Crippen molar-refractivity contribution in [2.45, 2.75) is 0 Å². The first-order chi connectivity index (χ1) is 4.76. The van der Waals surface area contributed by atoms with Gasteiger partial charge >= 0.3 is 6.03 Å². The number of carbonyl (C=O) groups is 1. The topological polar surface area (TPSA) is 100 Å². The van der Waals surface area contributed by atoms with Gasteiger partial charge in [0.2, 0.25) is 0 Å². The molecule has 8 heteroatoms. The maximum absolute atomic E-state index is 10.3. The molecule has 0 saturated carbocycles. The van der Waals surface area contributed by atoms with E-state index in [1.807, 2.05) is 10.6 Å². The summed E-state index contributed by atoms with van der Waals surface area (Å²) in [5.41, 5.74) is 0. The molecule has 0 aliphatic rings. The van der Waals surface area contributed by atoms with Gasteiger partial charge in [0.15, 0.2) is 5.34 Å². The highest BCUT2D eigenvalue weighted by Gasteiger charge is 2.13. The quantitative estimate of drug-likeness (QED) is 0.446. The van der Waals surface area contributed by atoms with Gasteiger partial charge in [-0.3, -0.25) is 0 Å². The summed E-state index contributed by atoms with van der Waals surface area (Å²) in [7, 11) is 1.23. The lowest BCUT2D eigenvalue weighted by molar-refractivity contribution is -0.119. The van der Waals surface area contributed by atoms with Crippen LogP contribution in [0, 0.1) is 9.81 Å². The summed E-state index contributed by atoms with van der Waals surface area (Å²) < 4.78 is 0. The number of urea groups is 1. The molecule has 56 valence electrons. The molecular weight excluding hydrogens is 144 g/mol. The molecule has 0 aromatic carbocycles. The molecule has 0 spiro atoms. The number of nitrogens with zero attached hydrogens (tertiary/aromatic N) is 3. The van der Waals surface area contributed by atoms with E-state index in [2.05, 4.69) is 4.94 Å². The first-order valence-electron chi connectivity index (χ1n) is 2.11. The maximum atomic E-state index is 10.3. The van der Waals surface area contributed by atoms with Gasteiger partial charge in [-0.05, 0) is 0 Å². The molecule has 0 aromatic heterocycles. The van der Waals surface area contributed by atoms with Gasteiger partial charge in [0, 0.05) is 12.2 Å². The summed E-state index contributed by atoms with van der Waals surface area (Å²) in [6, 6.07) is -0.977. The normalized spacial score (nSPS) is 7.70. The molecule has 10 heavy (non-hydrogen) atoms. The predicted octanol–water partition coefficient (Wildman–Crippen LogP) is -0.0778. The second-order valence-corrected chi connectivity index (χ2v) is 1.07. The lowest BCUT2D eigenvalue weighted by Crippen LogP contribution is -2.32. The van der Waals surface area contributed by atoms with Gasteiger partial charge in [-0.25, -0.2) is 4.79 Å². The molecule has 0 aliphatic heterocycles. The minimum Gasteiger partial charge on any atom is -0.337 e. The Bertz CT molecular complexity index is 146. The van der Waals surface area contributed by atoms with Crippen LogP contribution in [0.25, 0.3) is 0 Å². The Kier molecular flexibility index (Phi) is 3.46. The molecule has 0 radical (unpaired) electrons. The highest BCUT2D eigenvalue weighted by atomic mass is 16.9. The van der Waals surface area contributed by atoms with Crippen LogP contribution in [0.1, 0.15) is 0 Å². The van der Waals surface area contributed by atoms with Crippen LogP contribution in [-0.4, -0.2) is 18.3 Å². The molecule has 0 bridgehead atoms. The van der Waals surface area contributed by atoms with Gasteiger partial charge in [-0.2, -0.15) is 4.94 Å². The minimum atomic E-state index is -0.977. The van der Waals surface area contributed by atoms with E-state index in [-0.39, 0.29) is 5.17 Å². The lowest BCUT2D eigenvalue weighted by Gasteiger charge is -2.03. The summed E-state index contributed by atoms with van der Waals surface area (Å²) in [4.78, 5) is 32.8. The van der Waals surface area contributed by atoms with Gasteiger partial charge in [0.05, 0.1) is 0 Å². The number of rotatable bonds is 3. The summed E-state index contributed by atoms with van der Waals surface area (Å²) >= 11 is 0. The first-order valence-corrected chi connectivity index (χ1v) is 2.11. The van der Waals surface area contributed by atoms with Crippen molar-refractivity contribution in [3.63, 3.8) is 0 Å².